The Bertz CT molecular complexity index is 823. The fourth-order valence-electron chi connectivity index (χ4n) is 2.37. The minimum absolute atomic E-state index is 0.141. The highest BCUT2D eigenvalue weighted by Gasteiger charge is 2.14. The average Bonchev–Trinajstić information content (AvgIpc) is 2.67. The van der Waals surface area contributed by atoms with Crippen molar-refractivity contribution in [2.24, 2.45) is 0 Å². The number of amides is 1. The third-order valence-corrected chi connectivity index (χ3v) is 3.68. The zero-order chi connectivity index (χ0) is 17.5. The lowest BCUT2D eigenvalue weighted by molar-refractivity contribution is 0.0779. The third kappa shape index (κ3) is 4.60. The van der Waals surface area contributed by atoms with E-state index in [1.165, 1.54) is 0 Å². The van der Waals surface area contributed by atoms with E-state index in [1.54, 1.807) is 36.6 Å². The van der Waals surface area contributed by atoms with E-state index < -0.39 is 0 Å². The standard InChI is InChI=1S/C19H19N5O/c1-24(14-16-5-3-2-4-6-16)18(25)17-9-12-21-19(23-17)22-13-15-7-10-20-11-8-15/h2-12H,13-14H2,1H3,(H,21,22,23). The molecular formula is C19H19N5O. The van der Waals surface area contributed by atoms with Crippen LogP contribution in [0, 0.1) is 0 Å². The molecule has 2 aromatic heterocycles. The summed E-state index contributed by atoms with van der Waals surface area (Å²) in [5.41, 5.74) is 2.51. The molecular weight excluding hydrogens is 314 g/mol. The summed E-state index contributed by atoms with van der Waals surface area (Å²) in [6, 6.07) is 15.3. The predicted molar refractivity (Wildman–Crippen MR) is 95.8 cm³/mol. The maximum atomic E-state index is 12.6. The highest BCUT2D eigenvalue weighted by molar-refractivity contribution is 5.92. The highest BCUT2D eigenvalue weighted by Crippen LogP contribution is 2.09. The summed E-state index contributed by atoms with van der Waals surface area (Å²) < 4.78 is 0. The van der Waals surface area contributed by atoms with Gasteiger partial charge in [-0.25, -0.2) is 9.97 Å². The number of rotatable bonds is 6. The number of carbonyl (C=O) groups is 1. The summed E-state index contributed by atoms with van der Waals surface area (Å²) in [4.78, 5) is 26.7. The number of pyridine rings is 1. The molecule has 0 saturated carbocycles. The van der Waals surface area contributed by atoms with Crippen molar-refractivity contribution in [3.63, 3.8) is 0 Å². The van der Waals surface area contributed by atoms with Crippen molar-refractivity contribution in [3.8, 4) is 0 Å². The van der Waals surface area contributed by atoms with Crippen molar-refractivity contribution >= 4 is 11.9 Å². The Hall–Kier alpha value is -3.28. The molecule has 3 rings (SSSR count). The van der Waals surface area contributed by atoms with Crippen molar-refractivity contribution in [2.45, 2.75) is 13.1 Å². The van der Waals surface area contributed by atoms with Gasteiger partial charge in [0, 0.05) is 38.7 Å². The quantitative estimate of drug-likeness (QED) is 0.751. The Morgan fingerprint density at radius 1 is 1.00 bits per heavy atom. The van der Waals surface area contributed by atoms with Crippen LogP contribution in [-0.2, 0) is 13.1 Å². The molecule has 1 amide bonds. The van der Waals surface area contributed by atoms with E-state index in [4.69, 9.17) is 0 Å². The van der Waals surface area contributed by atoms with Crippen LogP contribution < -0.4 is 5.32 Å². The van der Waals surface area contributed by atoms with Crippen molar-refractivity contribution < 1.29 is 4.79 Å². The lowest BCUT2D eigenvalue weighted by Crippen LogP contribution is -2.27. The molecule has 6 heteroatoms. The van der Waals surface area contributed by atoms with E-state index in [1.807, 2.05) is 42.5 Å². The summed E-state index contributed by atoms with van der Waals surface area (Å²) in [7, 11) is 1.77. The highest BCUT2D eigenvalue weighted by atomic mass is 16.2. The van der Waals surface area contributed by atoms with Gasteiger partial charge in [0.2, 0.25) is 5.95 Å². The van der Waals surface area contributed by atoms with Gasteiger partial charge in [-0.1, -0.05) is 30.3 Å². The topological polar surface area (TPSA) is 71.0 Å². The fourth-order valence-corrected chi connectivity index (χ4v) is 2.37. The first-order chi connectivity index (χ1) is 12.2. The molecule has 1 aromatic carbocycles. The Balaban J connectivity index is 1.64. The van der Waals surface area contributed by atoms with Crippen molar-refractivity contribution in [1.29, 1.82) is 0 Å². The molecule has 0 spiro atoms. The number of nitrogens with zero attached hydrogens (tertiary/aromatic N) is 4. The molecule has 0 aliphatic heterocycles. The first kappa shape index (κ1) is 16.6. The number of carbonyl (C=O) groups excluding carboxylic acids is 1. The number of nitrogens with one attached hydrogen (secondary N) is 1. The summed E-state index contributed by atoms with van der Waals surface area (Å²) in [6.07, 6.45) is 5.05. The Morgan fingerprint density at radius 3 is 2.52 bits per heavy atom. The lowest BCUT2D eigenvalue weighted by Gasteiger charge is -2.17. The van der Waals surface area contributed by atoms with Crippen LogP contribution in [0.2, 0.25) is 0 Å². The van der Waals surface area contributed by atoms with Gasteiger partial charge in [0.25, 0.3) is 5.91 Å². The van der Waals surface area contributed by atoms with E-state index in [-0.39, 0.29) is 5.91 Å². The zero-order valence-corrected chi connectivity index (χ0v) is 14.0. The second-order valence-electron chi connectivity index (χ2n) is 5.62. The van der Waals surface area contributed by atoms with Crippen LogP contribution in [-0.4, -0.2) is 32.8 Å². The number of aromatic nitrogens is 3. The molecule has 0 unspecified atom stereocenters. The maximum Gasteiger partial charge on any atom is 0.272 e. The van der Waals surface area contributed by atoms with Gasteiger partial charge in [0.05, 0.1) is 0 Å². The maximum absolute atomic E-state index is 12.6. The molecule has 0 aliphatic rings. The predicted octanol–water partition coefficient (Wildman–Crippen LogP) is 2.76. The van der Waals surface area contributed by atoms with Crippen molar-refractivity contribution in [1.82, 2.24) is 19.9 Å². The van der Waals surface area contributed by atoms with Crippen LogP contribution in [0.3, 0.4) is 0 Å². The zero-order valence-electron chi connectivity index (χ0n) is 14.0. The van der Waals surface area contributed by atoms with Crippen LogP contribution in [0.1, 0.15) is 21.6 Å². The summed E-state index contributed by atoms with van der Waals surface area (Å²) in [5, 5.41) is 3.12. The lowest BCUT2D eigenvalue weighted by atomic mass is 10.2. The first-order valence-corrected chi connectivity index (χ1v) is 7.97. The van der Waals surface area contributed by atoms with Crippen LogP contribution in [0.5, 0.6) is 0 Å². The van der Waals surface area contributed by atoms with Gasteiger partial charge in [-0.3, -0.25) is 9.78 Å². The molecule has 2 heterocycles. The second-order valence-corrected chi connectivity index (χ2v) is 5.62. The smallest absolute Gasteiger partial charge is 0.272 e. The van der Waals surface area contributed by atoms with Crippen molar-refractivity contribution in [3.05, 3.63) is 83.9 Å². The number of hydrogen-bond donors (Lipinski definition) is 1. The minimum Gasteiger partial charge on any atom is -0.350 e. The largest absolute Gasteiger partial charge is 0.350 e. The number of hydrogen-bond acceptors (Lipinski definition) is 5. The SMILES string of the molecule is CN(Cc1ccccc1)C(=O)c1ccnc(NCc2ccncc2)n1. The Kier molecular flexibility index (Phi) is 5.31. The fraction of sp³-hybridized carbons (Fsp3) is 0.158. The molecule has 0 bridgehead atoms. The molecule has 6 nitrogen and oxygen atoms in total. The van der Waals surface area contributed by atoms with Crippen LogP contribution >= 0.6 is 0 Å². The number of anilines is 1. The van der Waals surface area contributed by atoms with Gasteiger partial charge < -0.3 is 10.2 Å². The molecule has 0 fully saturated rings. The van der Waals surface area contributed by atoms with Crippen LogP contribution in [0.25, 0.3) is 0 Å². The Labute approximate surface area is 146 Å². The van der Waals surface area contributed by atoms with Gasteiger partial charge >= 0.3 is 0 Å². The van der Waals surface area contributed by atoms with Crippen molar-refractivity contribution in [2.75, 3.05) is 12.4 Å². The van der Waals surface area contributed by atoms with Gasteiger partial charge in [-0.15, -0.1) is 0 Å². The van der Waals surface area contributed by atoms with Gasteiger partial charge in [-0.2, -0.15) is 0 Å². The van der Waals surface area contributed by atoms with Gasteiger partial charge in [-0.05, 0) is 29.3 Å². The molecule has 0 radical (unpaired) electrons. The molecule has 1 N–H and O–H groups in total. The third-order valence-electron chi connectivity index (χ3n) is 3.68. The molecule has 25 heavy (non-hydrogen) atoms. The molecule has 3 aromatic rings. The van der Waals surface area contributed by atoms with Gasteiger partial charge in [0.1, 0.15) is 5.69 Å². The van der Waals surface area contributed by atoms with E-state index >= 15 is 0 Å². The second kappa shape index (κ2) is 8.01. The van der Waals surface area contributed by atoms with Crippen LogP contribution in [0.4, 0.5) is 5.95 Å². The Morgan fingerprint density at radius 2 is 1.76 bits per heavy atom. The summed E-state index contributed by atoms with van der Waals surface area (Å²) in [6.45, 7) is 1.10. The van der Waals surface area contributed by atoms with Crippen LogP contribution in [0.15, 0.2) is 67.1 Å². The van der Waals surface area contributed by atoms with E-state index in [0.717, 1.165) is 11.1 Å². The normalized spacial score (nSPS) is 10.3. The van der Waals surface area contributed by atoms with E-state index in [2.05, 4.69) is 20.3 Å². The average molecular weight is 333 g/mol. The van der Waals surface area contributed by atoms with E-state index in [9.17, 15) is 4.79 Å². The molecule has 0 saturated heterocycles. The monoisotopic (exact) mass is 333 g/mol. The van der Waals surface area contributed by atoms with E-state index in [0.29, 0.717) is 24.7 Å². The molecule has 126 valence electrons. The summed E-state index contributed by atoms with van der Waals surface area (Å²) >= 11 is 0. The first-order valence-electron chi connectivity index (χ1n) is 7.97. The number of benzene rings is 1. The molecule has 0 atom stereocenters. The van der Waals surface area contributed by atoms with Gasteiger partial charge in [0.15, 0.2) is 0 Å². The minimum atomic E-state index is -0.141. The molecule has 0 aliphatic carbocycles. The summed E-state index contributed by atoms with van der Waals surface area (Å²) in [5.74, 6) is 0.286.